The zero-order valence-corrected chi connectivity index (χ0v) is 21.3. The molecule has 8 heteroatoms. The fourth-order valence-electron chi connectivity index (χ4n) is 4.23. The van der Waals surface area contributed by atoms with Crippen molar-refractivity contribution >= 4 is 34.4 Å². The average Bonchev–Trinajstić information content (AvgIpc) is 3.44. The van der Waals surface area contributed by atoms with Crippen molar-refractivity contribution in [3.05, 3.63) is 67.1 Å². The number of likely N-dealkylation sites (N-methyl/N-ethyl adjacent to an activating group) is 1. The van der Waals surface area contributed by atoms with Crippen LogP contribution < -0.4 is 20.9 Å². The first-order chi connectivity index (χ1) is 17.4. The van der Waals surface area contributed by atoms with Gasteiger partial charge in [0.05, 0.1) is 23.8 Å². The van der Waals surface area contributed by atoms with E-state index in [-0.39, 0.29) is 5.91 Å². The molecule has 4 rings (SSSR count). The molecule has 0 aliphatic carbocycles. The van der Waals surface area contributed by atoms with Gasteiger partial charge in [0, 0.05) is 61.8 Å². The molecule has 36 heavy (non-hydrogen) atoms. The predicted molar refractivity (Wildman–Crippen MR) is 150 cm³/mol. The van der Waals surface area contributed by atoms with E-state index in [1.807, 2.05) is 63.9 Å². The highest BCUT2D eigenvalue weighted by molar-refractivity contribution is 6.25. The molecule has 3 N–H and O–H groups in total. The lowest BCUT2D eigenvalue weighted by Gasteiger charge is -2.18. The smallest absolute Gasteiger partial charge is 0.255 e. The Balaban J connectivity index is 1.48. The standard InChI is InChI=1S/C28H35N7O/c1-20(28(36)33-23-8-10-27(32-18-23)31-11-14-34(3)4)25-16-21(7-9-26(25)29-2)22-15-24(19-30-17-22)35-12-5-6-13-35/h7-10,15-19,29H,1,5-6,11-14H2,2-4H3,(H,31,32)(H,33,36). The number of pyridine rings is 2. The fraction of sp³-hybridized carbons (Fsp3) is 0.321. The molecule has 0 saturated carbocycles. The van der Waals surface area contributed by atoms with Gasteiger partial charge in [-0.25, -0.2) is 4.98 Å². The summed E-state index contributed by atoms with van der Waals surface area (Å²) in [6.45, 7) is 7.94. The Bertz CT molecular complexity index is 1200. The van der Waals surface area contributed by atoms with Crippen molar-refractivity contribution in [2.45, 2.75) is 12.8 Å². The summed E-state index contributed by atoms with van der Waals surface area (Å²) in [6, 6.07) is 11.9. The van der Waals surface area contributed by atoms with E-state index in [0.29, 0.717) is 11.3 Å². The van der Waals surface area contributed by atoms with E-state index in [2.05, 4.69) is 48.4 Å². The van der Waals surface area contributed by atoms with Crippen LogP contribution in [0.4, 0.5) is 22.9 Å². The Hall–Kier alpha value is -3.91. The number of hydrogen-bond donors (Lipinski definition) is 3. The molecule has 1 aromatic carbocycles. The zero-order chi connectivity index (χ0) is 25.5. The molecule has 2 aromatic heterocycles. The quantitative estimate of drug-likeness (QED) is 0.367. The second-order valence-electron chi connectivity index (χ2n) is 9.23. The summed E-state index contributed by atoms with van der Waals surface area (Å²) in [4.78, 5) is 26.4. The van der Waals surface area contributed by atoms with Gasteiger partial charge in [0.15, 0.2) is 0 Å². The Morgan fingerprint density at radius 1 is 1.06 bits per heavy atom. The van der Waals surface area contributed by atoms with Gasteiger partial charge < -0.3 is 25.8 Å². The zero-order valence-electron chi connectivity index (χ0n) is 21.3. The first kappa shape index (κ1) is 25.2. The van der Waals surface area contributed by atoms with Crippen LogP contribution in [-0.4, -0.2) is 68.1 Å². The number of aromatic nitrogens is 2. The molecular weight excluding hydrogens is 450 g/mol. The minimum absolute atomic E-state index is 0.275. The molecule has 1 aliphatic rings. The second-order valence-corrected chi connectivity index (χ2v) is 9.23. The van der Waals surface area contributed by atoms with Crippen molar-refractivity contribution in [2.24, 2.45) is 0 Å². The minimum Gasteiger partial charge on any atom is -0.388 e. The van der Waals surface area contributed by atoms with E-state index < -0.39 is 0 Å². The maximum atomic E-state index is 13.1. The van der Waals surface area contributed by atoms with Crippen LogP contribution >= 0.6 is 0 Å². The molecule has 1 amide bonds. The molecule has 0 spiro atoms. The largest absolute Gasteiger partial charge is 0.388 e. The van der Waals surface area contributed by atoms with Crippen molar-refractivity contribution in [1.82, 2.24) is 14.9 Å². The van der Waals surface area contributed by atoms with Crippen LogP contribution in [0.3, 0.4) is 0 Å². The molecule has 0 atom stereocenters. The maximum Gasteiger partial charge on any atom is 0.255 e. The Kier molecular flexibility index (Phi) is 8.17. The number of benzene rings is 1. The molecular formula is C28H35N7O. The van der Waals surface area contributed by atoms with Gasteiger partial charge in [-0.2, -0.15) is 0 Å². The lowest BCUT2D eigenvalue weighted by Crippen LogP contribution is -2.21. The third kappa shape index (κ3) is 6.20. The van der Waals surface area contributed by atoms with Gasteiger partial charge in [0.1, 0.15) is 5.82 Å². The molecule has 1 saturated heterocycles. The highest BCUT2D eigenvalue weighted by Crippen LogP contribution is 2.31. The predicted octanol–water partition coefficient (Wildman–Crippen LogP) is 4.41. The van der Waals surface area contributed by atoms with Crippen molar-refractivity contribution in [1.29, 1.82) is 0 Å². The molecule has 0 radical (unpaired) electrons. The third-order valence-corrected chi connectivity index (χ3v) is 6.30. The van der Waals surface area contributed by atoms with Crippen LogP contribution in [0.1, 0.15) is 18.4 Å². The van der Waals surface area contributed by atoms with Crippen molar-refractivity contribution < 1.29 is 4.79 Å². The van der Waals surface area contributed by atoms with Crippen LogP contribution in [0.2, 0.25) is 0 Å². The van der Waals surface area contributed by atoms with Crippen molar-refractivity contribution in [2.75, 3.05) is 68.2 Å². The number of amides is 1. The van der Waals surface area contributed by atoms with Gasteiger partial charge >= 0.3 is 0 Å². The Labute approximate surface area is 213 Å². The summed E-state index contributed by atoms with van der Waals surface area (Å²) in [7, 11) is 5.89. The monoisotopic (exact) mass is 485 g/mol. The van der Waals surface area contributed by atoms with Crippen LogP contribution in [0.5, 0.6) is 0 Å². The highest BCUT2D eigenvalue weighted by Gasteiger charge is 2.17. The summed E-state index contributed by atoms with van der Waals surface area (Å²) in [6.07, 6.45) is 7.85. The van der Waals surface area contributed by atoms with Gasteiger partial charge in [0.25, 0.3) is 5.91 Å². The SMILES string of the molecule is C=C(C(=O)Nc1ccc(NCCN(C)C)nc1)c1cc(-c2cncc(N3CCCC3)c2)ccc1NC. The summed E-state index contributed by atoms with van der Waals surface area (Å²) >= 11 is 0. The van der Waals surface area contributed by atoms with E-state index in [1.165, 1.54) is 12.8 Å². The van der Waals surface area contributed by atoms with E-state index in [0.717, 1.165) is 60.1 Å². The van der Waals surface area contributed by atoms with Gasteiger partial charge in [-0.05, 0) is 62.8 Å². The number of nitrogens with one attached hydrogen (secondary N) is 3. The van der Waals surface area contributed by atoms with Gasteiger partial charge in [-0.1, -0.05) is 12.6 Å². The van der Waals surface area contributed by atoms with Crippen LogP contribution in [0.15, 0.2) is 61.6 Å². The number of anilines is 4. The second kappa shape index (κ2) is 11.7. The van der Waals surface area contributed by atoms with Crippen LogP contribution in [-0.2, 0) is 4.79 Å². The third-order valence-electron chi connectivity index (χ3n) is 6.30. The van der Waals surface area contributed by atoms with Crippen LogP contribution in [0.25, 0.3) is 16.7 Å². The molecule has 0 unspecified atom stereocenters. The van der Waals surface area contributed by atoms with Crippen molar-refractivity contribution in [3.8, 4) is 11.1 Å². The van der Waals surface area contributed by atoms with Crippen molar-refractivity contribution in [3.63, 3.8) is 0 Å². The maximum absolute atomic E-state index is 13.1. The van der Waals surface area contributed by atoms with E-state index >= 15 is 0 Å². The highest BCUT2D eigenvalue weighted by atomic mass is 16.1. The number of nitrogens with zero attached hydrogens (tertiary/aromatic N) is 4. The molecule has 3 aromatic rings. The number of rotatable bonds is 10. The fourth-order valence-corrected chi connectivity index (χ4v) is 4.23. The Morgan fingerprint density at radius 2 is 1.86 bits per heavy atom. The lowest BCUT2D eigenvalue weighted by molar-refractivity contribution is -0.111. The lowest BCUT2D eigenvalue weighted by atomic mass is 9.98. The molecule has 8 nitrogen and oxygen atoms in total. The summed E-state index contributed by atoms with van der Waals surface area (Å²) in [5.41, 5.74) is 5.70. The van der Waals surface area contributed by atoms with E-state index in [4.69, 9.17) is 0 Å². The average molecular weight is 486 g/mol. The number of carbonyl (C=O) groups is 1. The first-order valence-corrected chi connectivity index (χ1v) is 12.3. The number of hydrogen-bond acceptors (Lipinski definition) is 7. The minimum atomic E-state index is -0.275. The summed E-state index contributed by atoms with van der Waals surface area (Å²) < 4.78 is 0. The van der Waals surface area contributed by atoms with Gasteiger partial charge in [0.2, 0.25) is 0 Å². The number of carbonyl (C=O) groups excluding carboxylic acids is 1. The first-order valence-electron chi connectivity index (χ1n) is 12.3. The van der Waals surface area contributed by atoms with Crippen LogP contribution in [0, 0.1) is 0 Å². The molecule has 1 aliphatic heterocycles. The Morgan fingerprint density at radius 3 is 2.56 bits per heavy atom. The normalized spacial score (nSPS) is 13.1. The molecule has 188 valence electrons. The molecule has 1 fully saturated rings. The molecule has 0 bridgehead atoms. The van der Waals surface area contributed by atoms with Gasteiger partial charge in [-0.3, -0.25) is 9.78 Å². The van der Waals surface area contributed by atoms with Gasteiger partial charge in [-0.15, -0.1) is 0 Å². The molecule has 3 heterocycles. The summed E-state index contributed by atoms with van der Waals surface area (Å²) in [5, 5.41) is 9.36. The van der Waals surface area contributed by atoms with E-state index in [9.17, 15) is 4.79 Å². The summed E-state index contributed by atoms with van der Waals surface area (Å²) in [5.74, 6) is 0.492. The topological polar surface area (TPSA) is 85.4 Å². The van der Waals surface area contributed by atoms with E-state index in [1.54, 1.807) is 6.20 Å².